The first-order chi connectivity index (χ1) is 7.49. The summed E-state index contributed by atoms with van der Waals surface area (Å²) in [5.74, 6) is 1.03. The molecule has 0 bridgehead atoms. The molecule has 0 amide bonds. The third-order valence-electron chi connectivity index (χ3n) is 3.74. The van der Waals surface area contributed by atoms with E-state index in [2.05, 4.69) is 29.8 Å². The van der Waals surface area contributed by atoms with Crippen molar-refractivity contribution < 1.29 is 9.52 Å². The Morgan fingerprint density at radius 1 is 1.44 bits per heavy atom. The molecule has 0 aliphatic heterocycles. The van der Waals surface area contributed by atoms with Crippen molar-refractivity contribution in [3.63, 3.8) is 0 Å². The molecule has 1 aliphatic carbocycles. The molecular weight excluding hydrogens is 268 g/mol. The summed E-state index contributed by atoms with van der Waals surface area (Å²) in [7, 11) is 0. The zero-order chi connectivity index (χ0) is 11.8. The Hall–Kier alpha value is -0.280. The van der Waals surface area contributed by atoms with E-state index in [-0.39, 0.29) is 0 Å². The molecular formula is C13H19BrO2. The molecule has 1 fully saturated rings. The van der Waals surface area contributed by atoms with E-state index < -0.39 is 6.10 Å². The lowest BCUT2D eigenvalue weighted by Gasteiger charge is -2.35. The summed E-state index contributed by atoms with van der Waals surface area (Å²) in [5.41, 5.74) is 0.441. The van der Waals surface area contributed by atoms with Crippen LogP contribution in [-0.4, -0.2) is 5.11 Å². The number of aliphatic hydroxyl groups excluding tert-OH is 1. The first kappa shape index (κ1) is 12.2. The van der Waals surface area contributed by atoms with E-state index in [1.807, 2.05) is 6.07 Å². The van der Waals surface area contributed by atoms with Crippen molar-refractivity contribution in [2.24, 2.45) is 11.3 Å². The van der Waals surface area contributed by atoms with Gasteiger partial charge in [-0.3, -0.25) is 0 Å². The Bertz CT molecular complexity index is 347. The van der Waals surface area contributed by atoms with Crippen molar-refractivity contribution in [3.05, 3.63) is 22.6 Å². The summed E-state index contributed by atoms with van der Waals surface area (Å²) in [6, 6.07) is 1.84. The highest BCUT2D eigenvalue weighted by atomic mass is 79.9. The van der Waals surface area contributed by atoms with E-state index in [0.29, 0.717) is 17.1 Å². The SMILES string of the molecule is CC1(C)CCC(C(O)c2occc2Br)CC1. The van der Waals surface area contributed by atoms with Crippen LogP contribution in [0.3, 0.4) is 0 Å². The molecule has 1 aliphatic rings. The van der Waals surface area contributed by atoms with Crippen molar-refractivity contribution in [2.45, 2.75) is 45.6 Å². The molecule has 0 radical (unpaired) electrons. The van der Waals surface area contributed by atoms with E-state index >= 15 is 0 Å². The van der Waals surface area contributed by atoms with Gasteiger partial charge in [0.15, 0.2) is 0 Å². The molecule has 1 atom stereocenters. The first-order valence-corrected chi connectivity index (χ1v) is 6.70. The maximum atomic E-state index is 10.3. The van der Waals surface area contributed by atoms with Gasteiger partial charge in [-0.25, -0.2) is 0 Å². The van der Waals surface area contributed by atoms with Gasteiger partial charge >= 0.3 is 0 Å². The van der Waals surface area contributed by atoms with Crippen LogP contribution >= 0.6 is 15.9 Å². The van der Waals surface area contributed by atoms with Gasteiger partial charge in [-0.1, -0.05) is 13.8 Å². The summed E-state index contributed by atoms with van der Waals surface area (Å²) in [4.78, 5) is 0. The third-order valence-corrected chi connectivity index (χ3v) is 4.40. The molecule has 90 valence electrons. The summed E-state index contributed by atoms with van der Waals surface area (Å²) >= 11 is 3.40. The van der Waals surface area contributed by atoms with Gasteiger partial charge in [0, 0.05) is 0 Å². The molecule has 1 aromatic heterocycles. The van der Waals surface area contributed by atoms with Gasteiger partial charge in [0.1, 0.15) is 11.9 Å². The number of furan rings is 1. The van der Waals surface area contributed by atoms with Crippen LogP contribution in [0.25, 0.3) is 0 Å². The van der Waals surface area contributed by atoms with Crippen LogP contribution < -0.4 is 0 Å². The van der Waals surface area contributed by atoms with Crippen molar-refractivity contribution in [3.8, 4) is 0 Å². The van der Waals surface area contributed by atoms with Crippen molar-refractivity contribution >= 4 is 15.9 Å². The van der Waals surface area contributed by atoms with Crippen molar-refractivity contribution in [2.75, 3.05) is 0 Å². The van der Waals surface area contributed by atoms with Gasteiger partial charge in [-0.2, -0.15) is 0 Å². The van der Waals surface area contributed by atoms with E-state index in [0.717, 1.165) is 17.3 Å². The van der Waals surface area contributed by atoms with Crippen molar-refractivity contribution in [1.29, 1.82) is 0 Å². The lowest BCUT2D eigenvalue weighted by molar-refractivity contribution is 0.0411. The van der Waals surface area contributed by atoms with Crippen molar-refractivity contribution in [1.82, 2.24) is 0 Å². The zero-order valence-corrected chi connectivity index (χ0v) is 11.5. The number of hydrogen-bond acceptors (Lipinski definition) is 2. The average Bonchev–Trinajstić information content (AvgIpc) is 2.63. The quantitative estimate of drug-likeness (QED) is 0.880. The summed E-state index contributed by atoms with van der Waals surface area (Å²) < 4.78 is 6.21. The predicted octanol–water partition coefficient (Wildman–Crippen LogP) is 4.29. The average molecular weight is 287 g/mol. The van der Waals surface area contributed by atoms with Crippen LogP contribution in [0.5, 0.6) is 0 Å². The number of hydrogen-bond donors (Lipinski definition) is 1. The van der Waals surface area contributed by atoms with Gasteiger partial charge in [-0.05, 0) is 59.0 Å². The molecule has 0 spiro atoms. The Balaban J connectivity index is 2.02. The lowest BCUT2D eigenvalue weighted by atomic mass is 9.71. The van der Waals surface area contributed by atoms with Gasteiger partial charge < -0.3 is 9.52 Å². The minimum Gasteiger partial charge on any atom is -0.465 e. The van der Waals surface area contributed by atoms with Crippen LogP contribution in [0, 0.1) is 11.3 Å². The normalized spacial score (nSPS) is 23.2. The highest BCUT2D eigenvalue weighted by Crippen LogP contribution is 2.43. The molecule has 0 saturated heterocycles. The van der Waals surface area contributed by atoms with E-state index in [1.54, 1.807) is 6.26 Å². The molecule has 2 nitrogen and oxygen atoms in total. The topological polar surface area (TPSA) is 33.4 Å². The Labute approximate surface area is 105 Å². The molecule has 0 aromatic carbocycles. The van der Waals surface area contributed by atoms with Crippen LogP contribution in [-0.2, 0) is 0 Å². The lowest BCUT2D eigenvalue weighted by Crippen LogP contribution is -2.25. The maximum Gasteiger partial charge on any atom is 0.146 e. The second-order valence-corrected chi connectivity index (χ2v) is 6.43. The third kappa shape index (κ3) is 2.51. The zero-order valence-electron chi connectivity index (χ0n) is 9.87. The monoisotopic (exact) mass is 286 g/mol. The first-order valence-electron chi connectivity index (χ1n) is 5.90. The number of aliphatic hydroxyl groups is 1. The molecule has 1 N–H and O–H groups in total. The van der Waals surface area contributed by atoms with E-state index in [9.17, 15) is 5.11 Å². The predicted molar refractivity (Wildman–Crippen MR) is 67.1 cm³/mol. The number of rotatable bonds is 2. The highest BCUT2D eigenvalue weighted by Gasteiger charge is 2.32. The van der Waals surface area contributed by atoms with Gasteiger partial charge in [0.25, 0.3) is 0 Å². The molecule has 16 heavy (non-hydrogen) atoms. The minimum atomic E-state index is -0.458. The molecule has 1 unspecified atom stereocenters. The second-order valence-electron chi connectivity index (χ2n) is 5.58. The minimum absolute atomic E-state index is 0.343. The number of halogens is 1. The fourth-order valence-electron chi connectivity index (χ4n) is 2.47. The van der Waals surface area contributed by atoms with Crippen LogP contribution in [0.4, 0.5) is 0 Å². The van der Waals surface area contributed by atoms with Crippen LogP contribution in [0.1, 0.15) is 51.4 Å². The van der Waals surface area contributed by atoms with E-state index in [4.69, 9.17) is 4.42 Å². The summed E-state index contributed by atoms with van der Waals surface area (Å²) in [6.07, 6.45) is 5.71. The van der Waals surface area contributed by atoms with Gasteiger partial charge in [0.2, 0.25) is 0 Å². The van der Waals surface area contributed by atoms with Gasteiger partial charge in [0.05, 0.1) is 10.7 Å². The Morgan fingerprint density at radius 3 is 2.56 bits per heavy atom. The smallest absolute Gasteiger partial charge is 0.146 e. The fourth-order valence-corrected chi connectivity index (χ4v) is 2.90. The summed E-state index contributed by atoms with van der Waals surface area (Å²) in [6.45, 7) is 4.61. The van der Waals surface area contributed by atoms with E-state index in [1.165, 1.54) is 12.8 Å². The Kier molecular flexibility index (Phi) is 3.45. The molecule has 3 heteroatoms. The highest BCUT2D eigenvalue weighted by molar-refractivity contribution is 9.10. The summed E-state index contributed by atoms with van der Waals surface area (Å²) in [5, 5.41) is 10.3. The molecule has 1 aromatic rings. The maximum absolute atomic E-state index is 10.3. The molecule has 2 rings (SSSR count). The Morgan fingerprint density at radius 2 is 2.06 bits per heavy atom. The second kappa shape index (κ2) is 4.53. The largest absolute Gasteiger partial charge is 0.465 e. The van der Waals surface area contributed by atoms with Crippen LogP contribution in [0.2, 0.25) is 0 Å². The standard InChI is InChI=1S/C13H19BrO2/c1-13(2)6-3-9(4-7-13)11(15)12-10(14)5-8-16-12/h5,8-9,11,15H,3-4,6-7H2,1-2H3. The molecule has 1 heterocycles. The van der Waals surface area contributed by atoms with Crippen LogP contribution in [0.15, 0.2) is 21.2 Å². The van der Waals surface area contributed by atoms with Gasteiger partial charge in [-0.15, -0.1) is 0 Å². The molecule has 1 saturated carbocycles. The fraction of sp³-hybridized carbons (Fsp3) is 0.692.